The lowest BCUT2D eigenvalue weighted by molar-refractivity contribution is -0.123. The first-order valence-electron chi connectivity index (χ1n) is 11.4. The second-order valence-electron chi connectivity index (χ2n) is 8.25. The first-order valence-corrected chi connectivity index (χ1v) is 13.0. The van der Waals surface area contributed by atoms with Crippen LogP contribution in [0.3, 0.4) is 0 Å². The number of methoxy groups -OCH3 is 1. The van der Waals surface area contributed by atoms with E-state index >= 15 is 0 Å². The number of carbonyl (C=O) groups is 2. The number of hydrogen-bond acceptors (Lipinski definition) is 6. The molecule has 0 saturated carbocycles. The smallest absolute Gasteiger partial charge is 0.293 e. The summed E-state index contributed by atoms with van der Waals surface area (Å²) < 4.78 is 18.0. The van der Waals surface area contributed by atoms with Gasteiger partial charge < -0.3 is 14.2 Å². The van der Waals surface area contributed by atoms with E-state index in [1.54, 1.807) is 19.3 Å². The van der Waals surface area contributed by atoms with E-state index in [0.29, 0.717) is 38.8 Å². The Labute approximate surface area is 223 Å². The number of rotatable bonds is 9. The van der Waals surface area contributed by atoms with Gasteiger partial charge in [-0.25, -0.2) is 0 Å². The van der Waals surface area contributed by atoms with Gasteiger partial charge in [0.05, 0.1) is 23.0 Å². The number of aryl methyl sites for hydroxylation is 2. The predicted octanol–water partition coefficient (Wildman–Crippen LogP) is 6.77. The Hall–Kier alpha value is -3.23. The van der Waals surface area contributed by atoms with Gasteiger partial charge in [-0.05, 0) is 94.1 Å². The Kier molecular flexibility index (Phi) is 8.38. The van der Waals surface area contributed by atoms with Crippen molar-refractivity contribution < 1.29 is 23.8 Å². The number of amides is 2. The molecule has 1 fully saturated rings. The molecule has 0 bridgehead atoms. The minimum Gasteiger partial charge on any atom is -0.493 e. The largest absolute Gasteiger partial charge is 0.493 e. The van der Waals surface area contributed by atoms with Crippen LogP contribution in [0.2, 0.25) is 0 Å². The Bertz CT molecular complexity index is 1320. The van der Waals surface area contributed by atoms with Crippen LogP contribution in [0.4, 0.5) is 4.79 Å². The molecule has 1 heterocycles. The maximum Gasteiger partial charge on any atom is 0.293 e. The molecule has 1 aliphatic heterocycles. The number of carbonyl (C=O) groups excluding carboxylic acids is 2. The highest BCUT2D eigenvalue weighted by Gasteiger charge is 2.35. The van der Waals surface area contributed by atoms with Gasteiger partial charge in [0.1, 0.15) is 19.0 Å². The molecule has 0 atom stereocenters. The summed E-state index contributed by atoms with van der Waals surface area (Å²) in [6, 6.07) is 19.3. The fourth-order valence-corrected chi connectivity index (χ4v) is 5.13. The van der Waals surface area contributed by atoms with E-state index in [9.17, 15) is 9.59 Å². The normalized spacial score (nSPS) is 14.4. The van der Waals surface area contributed by atoms with Gasteiger partial charge >= 0.3 is 0 Å². The molecule has 0 aromatic heterocycles. The van der Waals surface area contributed by atoms with Crippen LogP contribution in [0.5, 0.6) is 17.2 Å². The number of benzene rings is 3. The molecule has 0 spiro atoms. The molecule has 3 aromatic rings. The van der Waals surface area contributed by atoms with Crippen molar-refractivity contribution in [2.24, 2.45) is 0 Å². The molecule has 4 rings (SSSR count). The monoisotopic (exact) mass is 567 g/mol. The molecule has 1 saturated heterocycles. The summed E-state index contributed by atoms with van der Waals surface area (Å²) in [6.07, 6.45) is 1.69. The van der Waals surface area contributed by atoms with Crippen LogP contribution in [0, 0.1) is 13.8 Å². The number of thioether (sulfide) groups is 1. The zero-order chi connectivity index (χ0) is 25.7. The van der Waals surface area contributed by atoms with E-state index in [-0.39, 0.29) is 24.3 Å². The van der Waals surface area contributed by atoms with Crippen molar-refractivity contribution in [1.29, 1.82) is 0 Å². The van der Waals surface area contributed by atoms with E-state index < -0.39 is 0 Å². The Morgan fingerprint density at radius 3 is 2.56 bits per heavy atom. The van der Waals surface area contributed by atoms with Gasteiger partial charge in [0.15, 0.2) is 11.5 Å². The molecule has 0 N–H and O–H groups in total. The van der Waals surface area contributed by atoms with E-state index in [1.807, 2.05) is 68.4 Å². The average molecular weight is 568 g/mol. The quantitative estimate of drug-likeness (QED) is 0.266. The second kappa shape index (κ2) is 11.7. The maximum atomic E-state index is 12.9. The van der Waals surface area contributed by atoms with Crippen molar-refractivity contribution in [3.05, 3.63) is 92.3 Å². The van der Waals surface area contributed by atoms with Crippen LogP contribution in [-0.2, 0) is 11.4 Å². The minimum absolute atomic E-state index is 0.175. The standard InChI is InChI=1S/C28H26BrNO5S/c1-18-7-6-10-22(13-18)34-12-11-30-27(31)25(36-28(30)32)16-20-14-23(29)26(24(15-20)33-3)35-17-21-9-5-4-8-19(21)2/h4-10,13-16H,11-12,17H2,1-3H3/b25-16-. The third-order valence-electron chi connectivity index (χ3n) is 5.63. The van der Waals surface area contributed by atoms with E-state index in [4.69, 9.17) is 14.2 Å². The van der Waals surface area contributed by atoms with Gasteiger partial charge in [-0.1, -0.05) is 36.4 Å². The van der Waals surface area contributed by atoms with Crippen molar-refractivity contribution in [3.8, 4) is 17.2 Å². The molecule has 36 heavy (non-hydrogen) atoms. The highest BCUT2D eigenvalue weighted by atomic mass is 79.9. The second-order valence-corrected chi connectivity index (χ2v) is 10.1. The summed E-state index contributed by atoms with van der Waals surface area (Å²) in [5.41, 5.74) is 4.01. The summed E-state index contributed by atoms with van der Waals surface area (Å²) in [5.74, 6) is 1.46. The first-order chi connectivity index (χ1) is 17.4. The van der Waals surface area contributed by atoms with Gasteiger partial charge in [-0.15, -0.1) is 0 Å². The van der Waals surface area contributed by atoms with Gasteiger partial charge in [0, 0.05) is 0 Å². The average Bonchev–Trinajstić information content (AvgIpc) is 3.11. The number of nitrogens with zero attached hydrogens (tertiary/aromatic N) is 1. The van der Waals surface area contributed by atoms with Crippen molar-refractivity contribution in [3.63, 3.8) is 0 Å². The third-order valence-corrected chi connectivity index (χ3v) is 7.13. The SMILES string of the molecule is COc1cc(/C=C2\SC(=O)N(CCOc3cccc(C)c3)C2=O)cc(Br)c1OCc1ccccc1C. The first kappa shape index (κ1) is 25.9. The summed E-state index contributed by atoms with van der Waals surface area (Å²) in [6.45, 7) is 4.81. The lowest BCUT2D eigenvalue weighted by Gasteiger charge is -2.15. The molecule has 0 unspecified atom stereocenters. The summed E-state index contributed by atoms with van der Waals surface area (Å²) in [7, 11) is 1.56. The Morgan fingerprint density at radius 2 is 1.81 bits per heavy atom. The van der Waals surface area contributed by atoms with Crippen molar-refractivity contribution in [2.75, 3.05) is 20.3 Å². The number of imide groups is 1. The zero-order valence-electron chi connectivity index (χ0n) is 20.2. The van der Waals surface area contributed by atoms with E-state index in [0.717, 1.165) is 28.5 Å². The molecule has 8 heteroatoms. The third kappa shape index (κ3) is 6.12. The lowest BCUT2D eigenvalue weighted by Crippen LogP contribution is -2.32. The summed E-state index contributed by atoms with van der Waals surface area (Å²) in [5, 5.41) is -0.316. The molecule has 1 aliphatic rings. The van der Waals surface area contributed by atoms with Crippen LogP contribution in [0.1, 0.15) is 22.3 Å². The fraction of sp³-hybridized carbons (Fsp3) is 0.214. The lowest BCUT2D eigenvalue weighted by atomic mass is 10.1. The molecule has 0 radical (unpaired) electrons. The van der Waals surface area contributed by atoms with Crippen molar-refractivity contribution >= 4 is 44.9 Å². The maximum absolute atomic E-state index is 12.9. The van der Waals surface area contributed by atoms with Gasteiger partial charge in [0.25, 0.3) is 11.1 Å². The highest BCUT2D eigenvalue weighted by Crippen LogP contribution is 2.39. The molecule has 186 valence electrons. The number of ether oxygens (including phenoxy) is 3. The van der Waals surface area contributed by atoms with Crippen LogP contribution in [0.15, 0.2) is 70.0 Å². The van der Waals surface area contributed by atoms with Gasteiger partial charge in [-0.3, -0.25) is 14.5 Å². The van der Waals surface area contributed by atoms with Crippen LogP contribution in [-0.4, -0.2) is 36.3 Å². The van der Waals surface area contributed by atoms with Crippen LogP contribution in [0.25, 0.3) is 6.08 Å². The zero-order valence-corrected chi connectivity index (χ0v) is 22.6. The molecular weight excluding hydrogens is 542 g/mol. The molecule has 2 amide bonds. The molecule has 0 aliphatic carbocycles. The molecule has 6 nitrogen and oxygen atoms in total. The van der Waals surface area contributed by atoms with Crippen LogP contribution < -0.4 is 14.2 Å². The minimum atomic E-state index is -0.340. The van der Waals surface area contributed by atoms with Crippen molar-refractivity contribution in [2.45, 2.75) is 20.5 Å². The van der Waals surface area contributed by atoms with Gasteiger partial charge in [0.2, 0.25) is 0 Å². The number of hydrogen-bond donors (Lipinski definition) is 0. The molecule has 3 aromatic carbocycles. The van der Waals surface area contributed by atoms with Crippen molar-refractivity contribution in [1.82, 2.24) is 4.90 Å². The van der Waals surface area contributed by atoms with Crippen LogP contribution >= 0.6 is 27.7 Å². The Balaban J connectivity index is 1.44. The Morgan fingerprint density at radius 1 is 1.00 bits per heavy atom. The fourth-order valence-electron chi connectivity index (χ4n) is 3.69. The topological polar surface area (TPSA) is 65.1 Å². The molecular formula is C28H26BrNO5S. The highest BCUT2D eigenvalue weighted by molar-refractivity contribution is 9.10. The predicted molar refractivity (Wildman–Crippen MR) is 146 cm³/mol. The van der Waals surface area contributed by atoms with Gasteiger partial charge in [-0.2, -0.15) is 0 Å². The van der Waals surface area contributed by atoms with E-state index in [2.05, 4.69) is 15.9 Å². The summed E-state index contributed by atoms with van der Waals surface area (Å²) >= 11 is 4.47. The summed E-state index contributed by atoms with van der Waals surface area (Å²) in [4.78, 5) is 27.0. The van der Waals surface area contributed by atoms with E-state index in [1.165, 1.54) is 4.90 Å². The number of halogens is 1.